The van der Waals surface area contributed by atoms with Crippen molar-refractivity contribution in [3.8, 4) is 0 Å². The van der Waals surface area contributed by atoms with E-state index in [9.17, 15) is 0 Å². The van der Waals surface area contributed by atoms with Crippen molar-refractivity contribution in [2.75, 3.05) is 39.4 Å². The van der Waals surface area contributed by atoms with Gasteiger partial charge in [-0.25, -0.2) is 0 Å². The van der Waals surface area contributed by atoms with Gasteiger partial charge in [-0.1, -0.05) is 13.3 Å². The second-order valence-corrected chi connectivity index (χ2v) is 5.51. The van der Waals surface area contributed by atoms with Crippen molar-refractivity contribution >= 4 is 0 Å². The summed E-state index contributed by atoms with van der Waals surface area (Å²) in [5.41, 5.74) is 6.15. The number of piperidine rings is 1. The summed E-state index contributed by atoms with van der Waals surface area (Å²) in [5, 5.41) is 0. The lowest BCUT2D eigenvalue weighted by molar-refractivity contribution is -0.159. The molecule has 0 aliphatic carbocycles. The number of hydrogen-bond donors (Lipinski definition) is 1. The molecule has 2 N–H and O–H groups in total. The molecule has 0 atom stereocenters. The number of nitrogens with two attached hydrogens (primary N) is 1. The summed E-state index contributed by atoms with van der Waals surface area (Å²) in [5.74, 6) is 0.898. The minimum Gasteiger partial charge on any atom is -0.380 e. The Morgan fingerprint density at radius 2 is 2.00 bits per heavy atom. The van der Waals surface area contributed by atoms with Gasteiger partial charge in [0.2, 0.25) is 0 Å². The van der Waals surface area contributed by atoms with Crippen LogP contribution in [0.1, 0.15) is 32.6 Å². The van der Waals surface area contributed by atoms with Gasteiger partial charge in [-0.3, -0.25) is 0 Å². The van der Waals surface area contributed by atoms with Crippen LogP contribution in [0.15, 0.2) is 0 Å². The average molecular weight is 226 g/mol. The zero-order valence-corrected chi connectivity index (χ0v) is 10.6. The second kappa shape index (κ2) is 5.48. The van der Waals surface area contributed by atoms with Gasteiger partial charge in [-0.2, -0.15) is 0 Å². The molecular weight excluding hydrogens is 200 g/mol. The predicted octanol–water partition coefficient (Wildman–Crippen LogP) is 1.47. The lowest BCUT2D eigenvalue weighted by Crippen LogP contribution is -2.52. The number of likely N-dealkylation sites (tertiary alicyclic amines) is 1. The zero-order valence-electron chi connectivity index (χ0n) is 10.6. The maximum Gasteiger partial charge on any atom is 0.0547 e. The van der Waals surface area contributed by atoms with Gasteiger partial charge in [-0.15, -0.1) is 0 Å². The van der Waals surface area contributed by atoms with E-state index in [-0.39, 0.29) is 0 Å². The lowest BCUT2D eigenvalue weighted by Gasteiger charge is -2.50. The van der Waals surface area contributed by atoms with Crippen LogP contribution in [0.2, 0.25) is 0 Å². The molecule has 0 unspecified atom stereocenters. The van der Waals surface area contributed by atoms with E-state index in [1.54, 1.807) is 0 Å². The molecule has 2 aliphatic rings. The molecule has 94 valence electrons. The van der Waals surface area contributed by atoms with Gasteiger partial charge in [0.15, 0.2) is 0 Å². The monoisotopic (exact) mass is 226 g/mol. The normalized spacial score (nSPS) is 26.6. The topological polar surface area (TPSA) is 38.5 Å². The molecule has 16 heavy (non-hydrogen) atoms. The molecule has 3 nitrogen and oxygen atoms in total. The number of rotatable bonds is 5. The Labute approximate surface area is 99.3 Å². The first-order chi connectivity index (χ1) is 7.80. The molecule has 0 aromatic carbocycles. The highest BCUT2D eigenvalue weighted by Gasteiger charge is 2.45. The van der Waals surface area contributed by atoms with Gasteiger partial charge in [0.05, 0.1) is 13.2 Å². The van der Waals surface area contributed by atoms with Crippen LogP contribution in [0.4, 0.5) is 0 Å². The summed E-state index contributed by atoms with van der Waals surface area (Å²) >= 11 is 0. The largest absolute Gasteiger partial charge is 0.380 e. The van der Waals surface area contributed by atoms with Crippen LogP contribution < -0.4 is 5.73 Å². The summed E-state index contributed by atoms with van der Waals surface area (Å²) < 4.78 is 5.48. The molecule has 0 aromatic rings. The minimum atomic E-state index is 0.545. The fraction of sp³-hybridized carbons (Fsp3) is 1.00. The molecule has 2 rings (SSSR count). The third-order valence-corrected chi connectivity index (χ3v) is 4.43. The van der Waals surface area contributed by atoms with E-state index < -0.39 is 0 Å². The van der Waals surface area contributed by atoms with Gasteiger partial charge in [-0.05, 0) is 38.3 Å². The molecule has 0 radical (unpaired) electrons. The number of hydrogen-bond acceptors (Lipinski definition) is 3. The predicted molar refractivity (Wildman–Crippen MR) is 66.4 cm³/mol. The maximum atomic E-state index is 5.60. The Hall–Kier alpha value is -0.120. The van der Waals surface area contributed by atoms with Crippen LogP contribution in [-0.4, -0.2) is 44.3 Å². The van der Waals surface area contributed by atoms with Gasteiger partial charge >= 0.3 is 0 Å². The third kappa shape index (κ3) is 2.41. The van der Waals surface area contributed by atoms with Gasteiger partial charge < -0.3 is 15.4 Å². The Bertz CT molecular complexity index is 208. The SMILES string of the molecule is CCCC1(C2CCN(CCN)CC2)COC1. The minimum absolute atomic E-state index is 0.545. The smallest absolute Gasteiger partial charge is 0.0547 e. The fourth-order valence-electron chi connectivity index (χ4n) is 3.40. The first kappa shape index (κ1) is 12.3. The quantitative estimate of drug-likeness (QED) is 0.771. The Balaban J connectivity index is 1.83. The van der Waals surface area contributed by atoms with Crippen molar-refractivity contribution in [1.82, 2.24) is 4.90 Å². The van der Waals surface area contributed by atoms with Crippen LogP contribution in [0.3, 0.4) is 0 Å². The van der Waals surface area contributed by atoms with Gasteiger partial charge in [0.25, 0.3) is 0 Å². The zero-order chi connectivity index (χ0) is 11.4. The van der Waals surface area contributed by atoms with E-state index in [0.29, 0.717) is 5.41 Å². The highest BCUT2D eigenvalue weighted by Crippen LogP contribution is 2.44. The first-order valence-electron chi connectivity index (χ1n) is 6.81. The van der Waals surface area contributed by atoms with Crippen LogP contribution >= 0.6 is 0 Å². The Kier molecular flexibility index (Phi) is 4.22. The fourth-order valence-corrected chi connectivity index (χ4v) is 3.40. The van der Waals surface area contributed by atoms with E-state index in [2.05, 4.69) is 11.8 Å². The average Bonchev–Trinajstić information content (AvgIpc) is 2.25. The highest BCUT2D eigenvalue weighted by atomic mass is 16.5. The first-order valence-corrected chi connectivity index (χ1v) is 6.81. The molecule has 0 spiro atoms. The summed E-state index contributed by atoms with van der Waals surface area (Å²) in [7, 11) is 0. The molecule has 0 amide bonds. The third-order valence-electron chi connectivity index (χ3n) is 4.43. The van der Waals surface area contributed by atoms with Crippen molar-refractivity contribution in [3.05, 3.63) is 0 Å². The molecule has 2 saturated heterocycles. The van der Waals surface area contributed by atoms with E-state index in [1.807, 2.05) is 0 Å². The van der Waals surface area contributed by atoms with E-state index >= 15 is 0 Å². The van der Waals surface area contributed by atoms with Gasteiger partial charge in [0, 0.05) is 18.5 Å². The maximum absolute atomic E-state index is 5.60. The highest BCUT2D eigenvalue weighted by molar-refractivity contribution is 4.93. The van der Waals surface area contributed by atoms with Crippen molar-refractivity contribution in [2.24, 2.45) is 17.1 Å². The molecule has 2 fully saturated rings. The number of nitrogens with zero attached hydrogens (tertiary/aromatic N) is 1. The molecule has 0 saturated carbocycles. The standard InChI is InChI=1S/C13H26N2O/c1-2-5-13(10-16-11-13)12-3-7-15(8-4-12)9-6-14/h12H,2-11,14H2,1H3. The Morgan fingerprint density at radius 1 is 1.31 bits per heavy atom. The molecule has 2 heterocycles. The van der Waals surface area contributed by atoms with Crippen molar-refractivity contribution in [1.29, 1.82) is 0 Å². The van der Waals surface area contributed by atoms with Gasteiger partial charge in [0.1, 0.15) is 0 Å². The van der Waals surface area contributed by atoms with Crippen molar-refractivity contribution in [3.63, 3.8) is 0 Å². The molecular formula is C13H26N2O. The molecule has 0 bridgehead atoms. The lowest BCUT2D eigenvalue weighted by atomic mass is 9.67. The van der Waals surface area contributed by atoms with Crippen molar-refractivity contribution < 1.29 is 4.74 Å². The van der Waals surface area contributed by atoms with Crippen molar-refractivity contribution in [2.45, 2.75) is 32.6 Å². The van der Waals surface area contributed by atoms with Crippen LogP contribution in [0, 0.1) is 11.3 Å². The van der Waals surface area contributed by atoms with E-state index in [0.717, 1.165) is 32.2 Å². The van der Waals surface area contributed by atoms with Crippen LogP contribution in [0.25, 0.3) is 0 Å². The van der Waals surface area contributed by atoms with E-state index in [1.165, 1.54) is 38.8 Å². The summed E-state index contributed by atoms with van der Waals surface area (Å²) in [6, 6.07) is 0. The molecule has 2 aliphatic heterocycles. The summed E-state index contributed by atoms with van der Waals surface area (Å²) in [6.45, 7) is 8.69. The molecule has 0 aromatic heterocycles. The summed E-state index contributed by atoms with van der Waals surface area (Å²) in [6.07, 6.45) is 5.35. The molecule has 3 heteroatoms. The Morgan fingerprint density at radius 3 is 2.44 bits per heavy atom. The van der Waals surface area contributed by atoms with E-state index in [4.69, 9.17) is 10.5 Å². The van der Waals surface area contributed by atoms with Crippen LogP contribution in [-0.2, 0) is 4.74 Å². The second-order valence-electron chi connectivity index (χ2n) is 5.51. The summed E-state index contributed by atoms with van der Waals surface area (Å²) in [4.78, 5) is 2.51. The number of ether oxygens (including phenoxy) is 1. The van der Waals surface area contributed by atoms with Crippen LogP contribution in [0.5, 0.6) is 0 Å².